The molecule has 0 aromatic carbocycles. The van der Waals surface area contributed by atoms with Gasteiger partial charge in [-0.25, -0.2) is 0 Å². The number of hydrogen-bond donors (Lipinski definition) is 1. The molecule has 0 radical (unpaired) electrons. The van der Waals surface area contributed by atoms with Crippen molar-refractivity contribution in [3.63, 3.8) is 0 Å². The van der Waals surface area contributed by atoms with Gasteiger partial charge in [-0.3, -0.25) is 0 Å². The highest BCUT2D eigenvalue weighted by Crippen LogP contribution is 2.38. The van der Waals surface area contributed by atoms with E-state index in [4.69, 9.17) is 0 Å². The van der Waals surface area contributed by atoms with E-state index in [1.54, 1.807) is 0 Å². The Bertz CT molecular complexity index is 363. The van der Waals surface area contributed by atoms with Crippen molar-refractivity contribution < 1.29 is 0 Å². The van der Waals surface area contributed by atoms with Gasteiger partial charge in [-0.15, -0.1) is 11.3 Å². The van der Waals surface area contributed by atoms with Gasteiger partial charge in [0.25, 0.3) is 0 Å². The Morgan fingerprint density at radius 2 is 2.33 bits per heavy atom. The van der Waals surface area contributed by atoms with E-state index in [1.807, 2.05) is 11.3 Å². The fourth-order valence-electron chi connectivity index (χ4n) is 3.13. The standard InChI is InChI=1S/C15H24INS/c1-3-7-17-15(13-9-14(16)18-10-13)12-6-4-5-11(2)8-12/h9-12,15,17H,3-8H2,1-2H3. The molecular weight excluding hydrogens is 353 g/mol. The number of nitrogens with one attached hydrogen (secondary N) is 1. The van der Waals surface area contributed by atoms with E-state index >= 15 is 0 Å². The lowest BCUT2D eigenvalue weighted by Gasteiger charge is -2.33. The van der Waals surface area contributed by atoms with Gasteiger partial charge in [-0.2, -0.15) is 0 Å². The van der Waals surface area contributed by atoms with Crippen molar-refractivity contribution in [1.82, 2.24) is 5.32 Å². The maximum absolute atomic E-state index is 3.79. The molecule has 1 fully saturated rings. The molecule has 3 heteroatoms. The molecule has 1 aliphatic carbocycles. The third-order valence-corrected chi connectivity index (χ3v) is 5.82. The molecule has 1 aromatic heterocycles. The molecule has 0 spiro atoms. The summed E-state index contributed by atoms with van der Waals surface area (Å²) in [5, 5.41) is 6.15. The number of hydrogen-bond acceptors (Lipinski definition) is 2. The van der Waals surface area contributed by atoms with E-state index in [1.165, 1.54) is 40.6 Å². The van der Waals surface area contributed by atoms with Crippen molar-refractivity contribution in [3.05, 3.63) is 19.9 Å². The Labute approximate surface area is 129 Å². The van der Waals surface area contributed by atoms with Crippen LogP contribution in [0.1, 0.15) is 57.6 Å². The van der Waals surface area contributed by atoms with Crippen molar-refractivity contribution >= 4 is 33.9 Å². The predicted octanol–water partition coefficient (Wildman–Crippen LogP) is 5.22. The highest BCUT2D eigenvalue weighted by Gasteiger charge is 2.27. The number of halogens is 1. The molecule has 3 atom stereocenters. The number of thiophene rings is 1. The first kappa shape index (κ1) is 14.8. The fraction of sp³-hybridized carbons (Fsp3) is 0.733. The van der Waals surface area contributed by atoms with Crippen LogP contribution >= 0.6 is 33.9 Å². The topological polar surface area (TPSA) is 12.0 Å². The second-order valence-electron chi connectivity index (χ2n) is 5.65. The highest BCUT2D eigenvalue weighted by molar-refractivity contribution is 14.1. The van der Waals surface area contributed by atoms with E-state index in [0.29, 0.717) is 6.04 Å². The summed E-state index contributed by atoms with van der Waals surface area (Å²) in [6, 6.07) is 2.96. The van der Waals surface area contributed by atoms with Gasteiger partial charge >= 0.3 is 0 Å². The first-order valence-corrected chi connectivity index (χ1v) is 9.13. The van der Waals surface area contributed by atoms with Crippen molar-refractivity contribution in [3.8, 4) is 0 Å². The minimum Gasteiger partial charge on any atom is -0.310 e. The second kappa shape index (κ2) is 7.25. The summed E-state index contributed by atoms with van der Waals surface area (Å²) in [6.45, 7) is 5.81. The Balaban J connectivity index is 2.08. The second-order valence-corrected chi connectivity index (χ2v) is 8.45. The van der Waals surface area contributed by atoms with Crippen LogP contribution in [0.5, 0.6) is 0 Å². The van der Waals surface area contributed by atoms with Gasteiger partial charge in [0, 0.05) is 6.04 Å². The maximum atomic E-state index is 3.79. The summed E-state index contributed by atoms with van der Waals surface area (Å²) < 4.78 is 1.41. The summed E-state index contributed by atoms with van der Waals surface area (Å²) >= 11 is 4.32. The quantitative estimate of drug-likeness (QED) is 0.694. The molecule has 1 saturated carbocycles. The van der Waals surface area contributed by atoms with E-state index in [-0.39, 0.29) is 0 Å². The molecule has 0 bridgehead atoms. The molecule has 0 amide bonds. The predicted molar refractivity (Wildman–Crippen MR) is 89.2 cm³/mol. The van der Waals surface area contributed by atoms with Crippen LogP contribution in [0.4, 0.5) is 0 Å². The zero-order valence-corrected chi connectivity index (χ0v) is 14.4. The van der Waals surface area contributed by atoms with Gasteiger partial charge in [0.2, 0.25) is 0 Å². The third-order valence-electron chi connectivity index (χ3n) is 4.01. The van der Waals surface area contributed by atoms with Gasteiger partial charge in [-0.05, 0) is 77.2 Å². The highest BCUT2D eigenvalue weighted by atomic mass is 127. The van der Waals surface area contributed by atoms with E-state index < -0.39 is 0 Å². The Kier molecular flexibility index (Phi) is 5.96. The number of rotatable bonds is 5. The molecule has 0 saturated heterocycles. The van der Waals surface area contributed by atoms with Gasteiger partial charge in [-0.1, -0.05) is 26.7 Å². The average molecular weight is 377 g/mol. The zero-order valence-electron chi connectivity index (χ0n) is 11.4. The summed E-state index contributed by atoms with van der Waals surface area (Å²) in [5.41, 5.74) is 1.52. The molecule has 102 valence electrons. The third kappa shape index (κ3) is 3.94. The van der Waals surface area contributed by atoms with Crippen LogP contribution in [0.25, 0.3) is 0 Å². The summed E-state index contributed by atoms with van der Waals surface area (Å²) in [6.07, 6.45) is 6.86. The van der Waals surface area contributed by atoms with E-state index in [0.717, 1.165) is 18.4 Å². The lowest BCUT2D eigenvalue weighted by atomic mass is 9.77. The molecule has 2 rings (SSSR count). The Morgan fingerprint density at radius 1 is 1.50 bits per heavy atom. The van der Waals surface area contributed by atoms with E-state index in [9.17, 15) is 0 Å². The molecule has 0 aliphatic heterocycles. The first-order valence-electron chi connectivity index (χ1n) is 7.18. The van der Waals surface area contributed by atoms with Crippen molar-refractivity contribution in [2.75, 3.05) is 6.54 Å². The smallest absolute Gasteiger partial charge is 0.0656 e. The molecule has 1 aliphatic rings. The molecule has 1 aromatic rings. The van der Waals surface area contributed by atoms with Gasteiger partial charge in [0.05, 0.1) is 2.88 Å². The Morgan fingerprint density at radius 3 is 2.94 bits per heavy atom. The summed E-state index contributed by atoms with van der Waals surface area (Å²) in [7, 11) is 0. The average Bonchev–Trinajstić information content (AvgIpc) is 2.76. The minimum atomic E-state index is 0.590. The van der Waals surface area contributed by atoms with Crippen molar-refractivity contribution in [2.24, 2.45) is 11.8 Å². The van der Waals surface area contributed by atoms with Gasteiger partial charge < -0.3 is 5.32 Å². The van der Waals surface area contributed by atoms with Crippen LogP contribution in [0.2, 0.25) is 0 Å². The Hall–Kier alpha value is 0.390. The molecule has 1 nitrogen and oxygen atoms in total. The lowest BCUT2D eigenvalue weighted by molar-refractivity contribution is 0.224. The van der Waals surface area contributed by atoms with Crippen molar-refractivity contribution in [2.45, 2.75) is 52.0 Å². The van der Waals surface area contributed by atoms with Crippen LogP contribution in [0.15, 0.2) is 11.4 Å². The van der Waals surface area contributed by atoms with Crippen LogP contribution in [0, 0.1) is 14.7 Å². The summed E-state index contributed by atoms with van der Waals surface area (Å²) in [4.78, 5) is 0. The minimum absolute atomic E-state index is 0.590. The zero-order chi connectivity index (χ0) is 13.0. The van der Waals surface area contributed by atoms with Crippen LogP contribution < -0.4 is 5.32 Å². The fourth-order valence-corrected chi connectivity index (χ4v) is 4.54. The van der Waals surface area contributed by atoms with Gasteiger partial charge in [0.15, 0.2) is 0 Å². The normalized spacial score (nSPS) is 26.2. The lowest BCUT2D eigenvalue weighted by Crippen LogP contribution is -2.31. The molecule has 3 unspecified atom stereocenters. The van der Waals surface area contributed by atoms with Crippen LogP contribution in [0.3, 0.4) is 0 Å². The monoisotopic (exact) mass is 377 g/mol. The summed E-state index contributed by atoms with van der Waals surface area (Å²) in [5.74, 6) is 1.75. The van der Waals surface area contributed by atoms with Crippen molar-refractivity contribution in [1.29, 1.82) is 0 Å². The van der Waals surface area contributed by atoms with Crippen LogP contribution in [-0.2, 0) is 0 Å². The maximum Gasteiger partial charge on any atom is 0.0656 e. The SMILES string of the molecule is CCCNC(c1csc(I)c1)C1CCCC(C)C1. The largest absolute Gasteiger partial charge is 0.310 e. The molecule has 18 heavy (non-hydrogen) atoms. The molecule has 1 N–H and O–H groups in total. The molecule has 1 heterocycles. The van der Waals surface area contributed by atoms with Gasteiger partial charge in [0.1, 0.15) is 0 Å². The van der Waals surface area contributed by atoms with E-state index in [2.05, 4.69) is 53.2 Å². The first-order chi connectivity index (χ1) is 8.70. The molecular formula is C15H24INS. The van der Waals surface area contributed by atoms with Crippen LogP contribution in [-0.4, -0.2) is 6.54 Å².